The van der Waals surface area contributed by atoms with E-state index in [2.05, 4.69) is 25.1 Å². The molecule has 1 fully saturated rings. The van der Waals surface area contributed by atoms with Gasteiger partial charge in [0.15, 0.2) is 17.2 Å². The molecule has 25 heavy (non-hydrogen) atoms. The number of anilines is 1. The summed E-state index contributed by atoms with van der Waals surface area (Å²) < 4.78 is 3.41. The van der Waals surface area contributed by atoms with E-state index in [4.69, 9.17) is 11.6 Å². The van der Waals surface area contributed by atoms with E-state index in [0.717, 1.165) is 30.6 Å². The number of hydrogen-bond acceptors (Lipinski definition) is 6. The van der Waals surface area contributed by atoms with Crippen LogP contribution in [0.15, 0.2) is 6.07 Å². The van der Waals surface area contributed by atoms with Gasteiger partial charge in [0, 0.05) is 39.0 Å². The molecule has 0 amide bonds. The largest absolute Gasteiger partial charge is 0.504 e. The fourth-order valence-corrected chi connectivity index (χ4v) is 3.33. The van der Waals surface area contributed by atoms with Gasteiger partial charge in [-0.1, -0.05) is 11.6 Å². The summed E-state index contributed by atoms with van der Waals surface area (Å²) in [6.45, 7) is 3.89. The Kier molecular flexibility index (Phi) is 3.99. The molecule has 8 nitrogen and oxygen atoms in total. The van der Waals surface area contributed by atoms with Crippen LogP contribution in [-0.2, 0) is 19.9 Å². The maximum atomic E-state index is 10.0. The lowest BCUT2D eigenvalue weighted by molar-refractivity contribution is 0.476. The summed E-state index contributed by atoms with van der Waals surface area (Å²) in [7, 11) is 1.91. The van der Waals surface area contributed by atoms with Gasteiger partial charge in [-0.15, -0.1) is 5.10 Å². The van der Waals surface area contributed by atoms with Gasteiger partial charge >= 0.3 is 0 Å². The lowest BCUT2D eigenvalue weighted by atomic mass is 10.3. The highest BCUT2D eigenvalue weighted by Crippen LogP contribution is 2.25. The molecule has 1 N–H and O–H groups in total. The van der Waals surface area contributed by atoms with Crippen LogP contribution in [0.4, 0.5) is 5.95 Å². The van der Waals surface area contributed by atoms with Crippen LogP contribution in [0, 0.1) is 6.92 Å². The van der Waals surface area contributed by atoms with E-state index in [9.17, 15) is 5.11 Å². The second-order valence-corrected chi connectivity index (χ2v) is 6.78. The van der Waals surface area contributed by atoms with Crippen molar-refractivity contribution in [3.63, 3.8) is 0 Å². The molecular formula is C16H20ClN7O. The zero-order valence-electron chi connectivity index (χ0n) is 14.3. The van der Waals surface area contributed by atoms with Gasteiger partial charge in [0.25, 0.3) is 0 Å². The molecule has 0 saturated carbocycles. The Labute approximate surface area is 150 Å². The van der Waals surface area contributed by atoms with E-state index in [1.165, 1.54) is 18.9 Å². The molecule has 3 aromatic rings. The van der Waals surface area contributed by atoms with Crippen molar-refractivity contribution in [2.45, 2.75) is 32.6 Å². The van der Waals surface area contributed by atoms with Gasteiger partial charge in [-0.05, 0) is 19.8 Å². The van der Waals surface area contributed by atoms with Gasteiger partial charge in [-0.25, -0.2) is 9.50 Å². The number of nitrogens with zero attached hydrogens (tertiary/aromatic N) is 7. The van der Waals surface area contributed by atoms with Gasteiger partial charge in [-0.3, -0.25) is 4.68 Å². The highest BCUT2D eigenvalue weighted by molar-refractivity contribution is 6.31. The number of fused-ring (bicyclic) bond motifs is 1. The maximum absolute atomic E-state index is 10.0. The van der Waals surface area contributed by atoms with Gasteiger partial charge in [0.05, 0.1) is 10.7 Å². The van der Waals surface area contributed by atoms with Gasteiger partial charge in [0.2, 0.25) is 5.95 Å². The molecule has 4 heterocycles. The molecule has 0 atom stereocenters. The minimum atomic E-state index is 0.0318. The minimum Gasteiger partial charge on any atom is -0.504 e. The van der Waals surface area contributed by atoms with E-state index in [0.29, 0.717) is 29.3 Å². The smallest absolute Gasteiger partial charge is 0.244 e. The average molecular weight is 362 g/mol. The Hall–Kier alpha value is -2.35. The lowest BCUT2D eigenvalue weighted by Crippen LogP contribution is -2.19. The van der Waals surface area contributed by atoms with E-state index in [1.807, 2.05) is 18.7 Å². The first kappa shape index (κ1) is 16.1. The van der Waals surface area contributed by atoms with Crippen molar-refractivity contribution >= 4 is 23.2 Å². The quantitative estimate of drug-likeness (QED) is 0.764. The average Bonchev–Trinajstić information content (AvgIpc) is 3.30. The van der Waals surface area contributed by atoms with Crippen molar-refractivity contribution in [2.24, 2.45) is 7.05 Å². The van der Waals surface area contributed by atoms with Crippen LogP contribution in [0.25, 0.3) is 5.65 Å². The summed E-state index contributed by atoms with van der Waals surface area (Å²) in [5, 5.41) is 19.4. The molecule has 3 aromatic heterocycles. The summed E-state index contributed by atoms with van der Waals surface area (Å²) in [6.07, 6.45) is 3.69. The van der Waals surface area contributed by atoms with Crippen LogP contribution in [0.1, 0.15) is 30.2 Å². The first-order chi connectivity index (χ1) is 12.0. The Morgan fingerprint density at radius 2 is 1.92 bits per heavy atom. The number of aryl methyl sites for hydroxylation is 4. The van der Waals surface area contributed by atoms with Crippen molar-refractivity contribution in [3.05, 3.63) is 28.4 Å². The van der Waals surface area contributed by atoms with Gasteiger partial charge in [-0.2, -0.15) is 10.1 Å². The van der Waals surface area contributed by atoms with Crippen LogP contribution < -0.4 is 4.90 Å². The summed E-state index contributed by atoms with van der Waals surface area (Å²) in [5.74, 6) is 2.38. The molecule has 9 heteroatoms. The first-order valence-corrected chi connectivity index (χ1v) is 8.79. The van der Waals surface area contributed by atoms with Crippen molar-refractivity contribution < 1.29 is 5.11 Å². The second kappa shape index (κ2) is 6.18. The number of hydrogen-bond donors (Lipinski definition) is 1. The molecule has 0 radical (unpaired) electrons. The summed E-state index contributed by atoms with van der Waals surface area (Å²) in [5.41, 5.74) is 1.18. The van der Waals surface area contributed by atoms with Crippen LogP contribution in [0.3, 0.4) is 0 Å². The third-order valence-electron chi connectivity index (χ3n) is 4.61. The molecule has 1 saturated heterocycles. The fourth-order valence-electron chi connectivity index (χ4n) is 3.14. The van der Waals surface area contributed by atoms with Crippen LogP contribution in [-0.4, -0.2) is 47.6 Å². The van der Waals surface area contributed by atoms with Crippen molar-refractivity contribution in [1.29, 1.82) is 0 Å². The normalized spacial score (nSPS) is 14.8. The molecule has 132 valence electrons. The van der Waals surface area contributed by atoms with Crippen molar-refractivity contribution in [3.8, 4) is 5.75 Å². The van der Waals surface area contributed by atoms with Crippen LogP contribution in [0.5, 0.6) is 5.75 Å². The second-order valence-electron chi connectivity index (χ2n) is 6.37. The minimum absolute atomic E-state index is 0.0318. The van der Waals surface area contributed by atoms with E-state index < -0.39 is 0 Å². The topological polar surface area (TPSA) is 84.4 Å². The molecule has 0 unspecified atom stereocenters. The van der Waals surface area contributed by atoms with E-state index in [-0.39, 0.29) is 5.75 Å². The van der Waals surface area contributed by atoms with Crippen molar-refractivity contribution in [2.75, 3.05) is 18.0 Å². The molecule has 0 aliphatic carbocycles. The first-order valence-electron chi connectivity index (χ1n) is 8.41. The Bertz CT molecular complexity index is 926. The molecule has 0 aromatic carbocycles. The van der Waals surface area contributed by atoms with E-state index >= 15 is 0 Å². The standard InChI is InChI=1S/C16H20ClN7O/c1-10-11(17)9-12(25)15-18-13(20-24(10)15)5-6-14-19-16(21-22(14)2)23-7-3-4-8-23/h9,25H,3-8H2,1-2H3. The number of aromatic hydroxyl groups is 1. The molecule has 1 aliphatic rings. The molecule has 0 bridgehead atoms. The number of rotatable bonds is 4. The summed E-state index contributed by atoms with van der Waals surface area (Å²) in [4.78, 5) is 11.3. The van der Waals surface area contributed by atoms with Crippen LogP contribution in [0.2, 0.25) is 5.02 Å². The summed E-state index contributed by atoms with van der Waals surface area (Å²) in [6, 6.07) is 1.50. The Morgan fingerprint density at radius 3 is 2.68 bits per heavy atom. The Balaban J connectivity index is 1.54. The molecule has 1 aliphatic heterocycles. The SMILES string of the molecule is Cc1c(Cl)cc(O)c2nc(CCc3nc(N4CCCC4)nn3C)nn12. The summed E-state index contributed by atoms with van der Waals surface area (Å²) >= 11 is 6.09. The Morgan fingerprint density at radius 1 is 1.16 bits per heavy atom. The predicted molar refractivity (Wildman–Crippen MR) is 94.3 cm³/mol. The number of pyridine rings is 1. The third kappa shape index (κ3) is 2.90. The zero-order valence-corrected chi connectivity index (χ0v) is 15.0. The molecular weight excluding hydrogens is 342 g/mol. The van der Waals surface area contributed by atoms with Crippen LogP contribution >= 0.6 is 11.6 Å². The zero-order chi connectivity index (χ0) is 17.6. The fraction of sp³-hybridized carbons (Fsp3) is 0.500. The third-order valence-corrected chi connectivity index (χ3v) is 4.99. The maximum Gasteiger partial charge on any atom is 0.244 e. The van der Waals surface area contributed by atoms with Gasteiger partial charge in [0.1, 0.15) is 5.82 Å². The lowest BCUT2D eigenvalue weighted by Gasteiger charge is -2.10. The predicted octanol–water partition coefficient (Wildman–Crippen LogP) is 1.91. The monoisotopic (exact) mass is 361 g/mol. The number of aromatic nitrogens is 6. The van der Waals surface area contributed by atoms with Gasteiger partial charge < -0.3 is 10.0 Å². The molecule has 4 rings (SSSR count). The highest BCUT2D eigenvalue weighted by atomic mass is 35.5. The highest BCUT2D eigenvalue weighted by Gasteiger charge is 2.19. The number of halogens is 1. The van der Waals surface area contributed by atoms with E-state index in [1.54, 1.807) is 4.52 Å². The van der Waals surface area contributed by atoms with Crippen molar-refractivity contribution in [1.82, 2.24) is 29.4 Å². The molecule has 0 spiro atoms.